The molecule has 0 saturated heterocycles. The molecule has 0 radical (unpaired) electrons. The summed E-state index contributed by atoms with van der Waals surface area (Å²) in [6.45, 7) is 2.72. The van der Waals surface area contributed by atoms with Crippen molar-refractivity contribution in [2.45, 2.75) is 44.7 Å². The minimum Gasteiger partial charge on any atom is -0.460 e. The van der Waals surface area contributed by atoms with E-state index in [4.69, 9.17) is 19.7 Å². The molecular formula is C37H35F2N8O5S+. The van der Waals surface area contributed by atoms with Crippen LogP contribution in [0.4, 0.5) is 19.3 Å². The molecule has 16 heteroatoms. The minimum atomic E-state index is -2.06. The number of esters is 1. The standard InChI is InChI=1S/C37H35F2N8O5S/c1-23(35-44-32(19-53-35)27-8-5-25(15-40)6-9-27)37(50,30-14-29(38)11-12-31(30)39)20-47-22-46(21-43-47)24(2)52-36(49)45(4)33-13-26(16-41)7-10-28(33)18-51-34(48)17-42-3/h5-14,19,21-24,42,50H,17-18,20H2,1-4H3/q+1. The Morgan fingerprint density at radius 3 is 2.51 bits per heavy atom. The maximum Gasteiger partial charge on any atom is 0.416 e. The molecule has 2 heterocycles. The van der Waals surface area contributed by atoms with E-state index in [2.05, 4.69) is 16.5 Å². The quantitative estimate of drug-likeness (QED) is 0.123. The Balaban J connectivity index is 1.37. The van der Waals surface area contributed by atoms with Gasteiger partial charge in [0.05, 0.1) is 46.2 Å². The summed E-state index contributed by atoms with van der Waals surface area (Å²) in [5, 5.41) is 40.1. The summed E-state index contributed by atoms with van der Waals surface area (Å²) in [7, 11) is 3.04. The number of thiazole rings is 1. The molecule has 0 aliphatic heterocycles. The van der Waals surface area contributed by atoms with Crippen LogP contribution in [0.25, 0.3) is 11.3 Å². The van der Waals surface area contributed by atoms with Gasteiger partial charge in [0.2, 0.25) is 12.6 Å². The molecule has 5 rings (SSSR count). The Kier molecular flexibility index (Phi) is 11.9. The minimum absolute atomic E-state index is 0.00879. The number of carbonyl (C=O) groups excluding carboxylic acids is 2. The van der Waals surface area contributed by atoms with Crippen LogP contribution in [-0.4, -0.2) is 52.6 Å². The number of halogens is 2. The van der Waals surface area contributed by atoms with Gasteiger partial charge in [-0.05, 0) is 49.5 Å². The van der Waals surface area contributed by atoms with Gasteiger partial charge in [0.15, 0.2) is 0 Å². The summed E-state index contributed by atoms with van der Waals surface area (Å²) in [5.74, 6) is -2.94. The zero-order valence-electron chi connectivity index (χ0n) is 29.2. The first kappa shape index (κ1) is 38.2. The summed E-state index contributed by atoms with van der Waals surface area (Å²) in [5.41, 5.74) is 0.479. The Bertz CT molecular complexity index is 2200. The van der Waals surface area contributed by atoms with Crippen LogP contribution >= 0.6 is 11.3 Å². The van der Waals surface area contributed by atoms with E-state index in [0.29, 0.717) is 27.5 Å². The maximum absolute atomic E-state index is 15.4. The number of carbonyl (C=O) groups is 2. The largest absolute Gasteiger partial charge is 0.460 e. The molecule has 0 saturated carbocycles. The third-order valence-corrected chi connectivity index (χ3v) is 9.59. The number of anilines is 1. The van der Waals surface area contributed by atoms with Gasteiger partial charge < -0.3 is 19.9 Å². The Hall–Kier alpha value is -6.07. The van der Waals surface area contributed by atoms with E-state index >= 15 is 4.39 Å². The zero-order valence-corrected chi connectivity index (χ0v) is 30.0. The second-order valence-corrected chi connectivity index (χ2v) is 13.0. The molecule has 2 N–H and O–H groups in total. The fourth-order valence-electron chi connectivity index (χ4n) is 5.48. The van der Waals surface area contributed by atoms with Gasteiger partial charge in [0.25, 0.3) is 6.33 Å². The molecule has 13 nitrogen and oxygen atoms in total. The van der Waals surface area contributed by atoms with Gasteiger partial charge in [-0.2, -0.15) is 15.1 Å². The fourth-order valence-corrected chi connectivity index (χ4v) is 6.46. The van der Waals surface area contributed by atoms with Crippen LogP contribution in [0.5, 0.6) is 0 Å². The molecule has 272 valence electrons. The average Bonchev–Trinajstić information content (AvgIpc) is 3.85. The molecule has 3 atom stereocenters. The third-order valence-electron chi connectivity index (χ3n) is 8.57. The second-order valence-electron chi connectivity index (χ2n) is 12.1. The first-order valence-corrected chi connectivity index (χ1v) is 17.1. The molecule has 3 aromatic carbocycles. The highest BCUT2D eigenvalue weighted by Crippen LogP contribution is 2.41. The van der Waals surface area contributed by atoms with Crippen LogP contribution in [0.1, 0.15) is 53.3 Å². The van der Waals surface area contributed by atoms with Crippen molar-refractivity contribution in [2.24, 2.45) is 0 Å². The van der Waals surface area contributed by atoms with E-state index in [1.807, 2.05) is 6.07 Å². The number of benzene rings is 3. The Morgan fingerprint density at radius 1 is 1.09 bits per heavy atom. The summed E-state index contributed by atoms with van der Waals surface area (Å²) < 4.78 is 43.6. The molecule has 0 aliphatic rings. The molecule has 3 unspecified atom stereocenters. The number of hydrogen-bond donors (Lipinski definition) is 2. The van der Waals surface area contributed by atoms with E-state index in [0.717, 1.165) is 23.8 Å². The molecule has 0 bridgehead atoms. The molecule has 0 fully saturated rings. The summed E-state index contributed by atoms with van der Waals surface area (Å²) in [6.07, 6.45) is 1.05. The summed E-state index contributed by atoms with van der Waals surface area (Å²) >= 11 is 1.24. The number of ether oxygens (including phenoxy) is 2. The number of nitrogens with zero attached hydrogens (tertiary/aromatic N) is 7. The van der Waals surface area contributed by atoms with Gasteiger partial charge >= 0.3 is 12.1 Å². The van der Waals surface area contributed by atoms with Gasteiger partial charge in [-0.3, -0.25) is 9.69 Å². The zero-order chi connectivity index (χ0) is 38.3. The van der Waals surface area contributed by atoms with Crippen LogP contribution in [0.3, 0.4) is 0 Å². The number of hydrogen-bond acceptors (Lipinski definition) is 11. The molecule has 53 heavy (non-hydrogen) atoms. The number of nitrogens with one attached hydrogen (secondary N) is 1. The van der Waals surface area contributed by atoms with E-state index in [1.165, 1.54) is 57.3 Å². The molecule has 0 aliphatic carbocycles. The summed E-state index contributed by atoms with van der Waals surface area (Å²) in [6, 6.07) is 18.3. The number of aromatic nitrogens is 4. The number of amides is 1. The third kappa shape index (κ3) is 8.70. The van der Waals surface area contributed by atoms with Crippen molar-refractivity contribution in [3.05, 3.63) is 118 Å². The van der Waals surface area contributed by atoms with Crippen molar-refractivity contribution >= 4 is 29.1 Å². The van der Waals surface area contributed by atoms with Crippen LogP contribution in [0, 0.1) is 34.3 Å². The van der Waals surface area contributed by atoms with E-state index < -0.39 is 41.4 Å². The number of rotatable bonds is 13. The van der Waals surface area contributed by atoms with E-state index in [1.54, 1.807) is 56.6 Å². The number of likely N-dealkylation sites (N-methyl/N-ethyl adjacent to an activating group) is 1. The van der Waals surface area contributed by atoms with E-state index in [9.17, 15) is 24.3 Å². The SMILES string of the molecule is CNCC(=O)OCc1ccc(C#N)cc1N(C)C(=O)OC(C)[n+]1cnn(CC(O)(c2cc(F)ccc2F)C(C)c2nc(-c3ccc(C#N)cc3)cs2)c1. The molecule has 0 spiro atoms. The first-order chi connectivity index (χ1) is 25.4. The van der Waals surface area contributed by atoms with Crippen LogP contribution in [-0.2, 0) is 33.0 Å². The first-order valence-electron chi connectivity index (χ1n) is 16.2. The van der Waals surface area contributed by atoms with Gasteiger partial charge in [-0.1, -0.05) is 25.1 Å². The predicted molar refractivity (Wildman–Crippen MR) is 188 cm³/mol. The highest BCUT2D eigenvalue weighted by atomic mass is 32.1. The molecule has 2 aromatic heterocycles. The predicted octanol–water partition coefficient (Wildman–Crippen LogP) is 5.06. The monoisotopic (exact) mass is 741 g/mol. The lowest BCUT2D eigenvalue weighted by Crippen LogP contribution is -2.42. The van der Waals surface area contributed by atoms with Gasteiger partial charge in [0, 0.05) is 47.1 Å². The highest BCUT2D eigenvalue weighted by Gasteiger charge is 2.43. The lowest BCUT2D eigenvalue weighted by Gasteiger charge is -2.32. The molecular weight excluding hydrogens is 707 g/mol. The van der Waals surface area contributed by atoms with Crippen LogP contribution in [0.2, 0.25) is 0 Å². The average molecular weight is 742 g/mol. The van der Waals surface area contributed by atoms with Crippen molar-refractivity contribution in [3.63, 3.8) is 0 Å². The van der Waals surface area contributed by atoms with Gasteiger partial charge in [-0.15, -0.1) is 16.0 Å². The highest BCUT2D eigenvalue weighted by molar-refractivity contribution is 7.10. The van der Waals surface area contributed by atoms with Crippen molar-refractivity contribution in [2.75, 3.05) is 25.5 Å². The second kappa shape index (κ2) is 16.5. The van der Waals surface area contributed by atoms with Crippen molar-refractivity contribution in [1.29, 1.82) is 10.5 Å². The Morgan fingerprint density at radius 2 is 1.81 bits per heavy atom. The molecule has 1 amide bonds. The lowest BCUT2D eigenvalue weighted by atomic mass is 9.82. The maximum atomic E-state index is 15.4. The molecule has 5 aromatic rings. The normalized spacial score (nSPS) is 13.2. The van der Waals surface area contributed by atoms with Crippen molar-refractivity contribution < 1.29 is 37.5 Å². The fraction of sp³-hybridized carbons (Fsp3) is 0.270. The smallest absolute Gasteiger partial charge is 0.416 e. The topological polar surface area (TPSA) is 170 Å². The lowest BCUT2D eigenvalue weighted by molar-refractivity contribution is -0.753. The van der Waals surface area contributed by atoms with E-state index in [-0.39, 0.29) is 30.8 Å². The Labute approximate surface area is 307 Å². The number of aliphatic hydroxyl groups is 1. The number of nitriles is 2. The van der Waals surface area contributed by atoms with Gasteiger partial charge in [-0.25, -0.2) is 18.6 Å². The van der Waals surface area contributed by atoms with Crippen molar-refractivity contribution in [3.8, 4) is 23.4 Å². The van der Waals surface area contributed by atoms with Crippen LogP contribution < -0.4 is 14.8 Å². The van der Waals surface area contributed by atoms with Crippen LogP contribution in [0.15, 0.2) is 78.7 Å². The summed E-state index contributed by atoms with van der Waals surface area (Å²) in [4.78, 5) is 31.1. The van der Waals surface area contributed by atoms with Gasteiger partial charge in [0.1, 0.15) is 30.4 Å². The van der Waals surface area contributed by atoms with Crippen molar-refractivity contribution in [1.82, 2.24) is 20.1 Å².